The fourth-order valence-electron chi connectivity index (χ4n) is 2.26. The Morgan fingerprint density at radius 3 is 2.62 bits per heavy atom. The Bertz CT molecular complexity index is 886. The number of halogens is 1. The van der Waals surface area contributed by atoms with Crippen LogP contribution in [0.5, 0.6) is 11.5 Å². The van der Waals surface area contributed by atoms with Crippen molar-refractivity contribution in [2.75, 3.05) is 7.11 Å². The highest BCUT2D eigenvalue weighted by molar-refractivity contribution is 6.35. The number of hydrogen-bond acceptors (Lipinski definition) is 5. The lowest BCUT2D eigenvalue weighted by Gasteiger charge is -2.12. The van der Waals surface area contributed by atoms with Crippen molar-refractivity contribution in [1.29, 1.82) is 0 Å². The summed E-state index contributed by atoms with van der Waals surface area (Å²) in [5.41, 5.74) is 3.21. The molecule has 0 aliphatic rings. The Balaban J connectivity index is 1.97. The molecule has 154 valence electrons. The summed E-state index contributed by atoms with van der Waals surface area (Å²) in [5, 5.41) is 6.32. The highest BCUT2D eigenvalue weighted by Gasteiger charge is 2.14. The van der Waals surface area contributed by atoms with Gasteiger partial charge in [-0.15, -0.1) is 0 Å². The lowest BCUT2D eigenvalue weighted by atomic mass is 10.2. The zero-order valence-electron chi connectivity index (χ0n) is 16.6. The van der Waals surface area contributed by atoms with Gasteiger partial charge in [0, 0.05) is 11.6 Å². The third-order valence-corrected chi connectivity index (χ3v) is 4.10. The third-order valence-electron chi connectivity index (χ3n) is 4.10. The maximum Gasteiger partial charge on any atom is 0.329 e. The quantitative estimate of drug-likeness (QED) is 0.404. The minimum atomic E-state index is -0.849. The number of amides is 2. The summed E-state index contributed by atoms with van der Waals surface area (Å²) in [6, 6.07) is 11.2. The van der Waals surface area contributed by atoms with Crippen molar-refractivity contribution in [3.05, 3.63) is 59.4 Å². The van der Waals surface area contributed by atoms with Crippen molar-refractivity contribution in [2.45, 2.75) is 32.9 Å². The second-order valence-corrected chi connectivity index (χ2v) is 6.27. The molecule has 0 fully saturated rings. The molecule has 2 aromatic carbocycles. The molecule has 0 bridgehead atoms. The summed E-state index contributed by atoms with van der Waals surface area (Å²) < 4.78 is 24.6. The molecular weight excluding hydrogens is 377 g/mol. The fourth-order valence-corrected chi connectivity index (χ4v) is 2.26. The number of carbonyl (C=O) groups excluding carboxylic acids is 2. The normalized spacial score (nSPS) is 11.7. The number of methoxy groups -OCH3 is 1. The van der Waals surface area contributed by atoms with E-state index in [1.54, 1.807) is 43.3 Å². The predicted molar refractivity (Wildman–Crippen MR) is 107 cm³/mol. The first-order valence-corrected chi connectivity index (χ1v) is 9.12. The van der Waals surface area contributed by atoms with E-state index in [1.807, 2.05) is 6.92 Å². The lowest BCUT2D eigenvalue weighted by Crippen LogP contribution is -2.41. The summed E-state index contributed by atoms with van der Waals surface area (Å²) in [6.07, 6.45) is 2.09. The molecule has 0 saturated carbocycles. The SMILES string of the molecule is CC[C@@H](C)NC(=O)C(=O)N/N=C\c1ccc(OCc2ccccc2F)c(OC)c1. The predicted octanol–water partition coefficient (Wildman–Crippen LogP) is 2.78. The van der Waals surface area contributed by atoms with Crippen LogP contribution in [0, 0.1) is 5.82 Å². The molecule has 0 radical (unpaired) electrons. The van der Waals surface area contributed by atoms with E-state index in [0.29, 0.717) is 29.0 Å². The number of rotatable bonds is 8. The van der Waals surface area contributed by atoms with Gasteiger partial charge in [-0.1, -0.05) is 25.1 Å². The summed E-state index contributed by atoms with van der Waals surface area (Å²) >= 11 is 0. The van der Waals surface area contributed by atoms with Crippen LogP contribution in [0.4, 0.5) is 4.39 Å². The van der Waals surface area contributed by atoms with Crippen LogP contribution in [0.25, 0.3) is 0 Å². The Kier molecular flexibility index (Phi) is 8.14. The van der Waals surface area contributed by atoms with E-state index in [0.717, 1.165) is 0 Å². The van der Waals surface area contributed by atoms with Gasteiger partial charge in [-0.2, -0.15) is 5.10 Å². The Hall–Kier alpha value is -3.42. The third kappa shape index (κ3) is 6.60. The van der Waals surface area contributed by atoms with Crippen LogP contribution in [-0.2, 0) is 16.2 Å². The van der Waals surface area contributed by atoms with E-state index in [9.17, 15) is 14.0 Å². The van der Waals surface area contributed by atoms with Gasteiger partial charge >= 0.3 is 11.8 Å². The largest absolute Gasteiger partial charge is 0.493 e. The van der Waals surface area contributed by atoms with Gasteiger partial charge in [-0.3, -0.25) is 9.59 Å². The van der Waals surface area contributed by atoms with Crippen LogP contribution in [0.1, 0.15) is 31.4 Å². The number of ether oxygens (including phenoxy) is 2. The van der Waals surface area contributed by atoms with Gasteiger partial charge in [-0.05, 0) is 43.2 Å². The fraction of sp³-hybridized carbons (Fsp3) is 0.286. The molecule has 0 aliphatic carbocycles. The van der Waals surface area contributed by atoms with Crippen LogP contribution in [0.2, 0.25) is 0 Å². The van der Waals surface area contributed by atoms with Gasteiger partial charge in [0.1, 0.15) is 12.4 Å². The molecule has 2 N–H and O–H groups in total. The van der Waals surface area contributed by atoms with Crippen molar-refractivity contribution >= 4 is 18.0 Å². The maximum atomic E-state index is 13.7. The van der Waals surface area contributed by atoms with Crippen molar-refractivity contribution in [2.24, 2.45) is 5.10 Å². The summed E-state index contributed by atoms with van der Waals surface area (Å²) in [4.78, 5) is 23.3. The molecule has 8 heteroatoms. The number of hydrazone groups is 1. The average Bonchev–Trinajstić information content (AvgIpc) is 2.73. The van der Waals surface area contributed by atoms with Crippen LogP contribution in [-0.4, -0.2) is 31.2 Å². The zero-order valence-corrected chi connectivity index (χ0v) is 16.6. The summed E-state index contributed by atoms with van der Waals surface area (Å²) in [7, 11) is 1.48. The van der Waals surface area contributed by atoms with E-state index >= 15 is 0 Å². The first-order valence-electron chi connectivity index (χ1n) is 9.12. The van der Waals surface area contributed by atoms with Gasteiger partial charge in [0.25, 0.3) is 0 Å². The molecule has 0 aliphatic heterocycles. The zero-order chi connectivity index (χ0) is 21.2. The monoisotopic (exact) mass is 401 g/mol. The summed E-state index contributed by atoms with van der Waals surface area (Å²) in [5.74, 6) is -1.08. The molecule has 0 spiro atoms. The van der Waals surface area contributed by atoms with Gasteiger partial charge < -0.3 is 14.8 Å². The molecule has 0 unspecified atom stereocenters. The van der Waals surface area contributed by atoms with Crippen LogP contribution in [0.3, 0.4) is 0 Å². The summed E-state index contributed by atoms with van der Waals surface area (Å²) in [6.45, 7) is 3.76. The second-order valence-electron chi connectivity index (χ2n) is 6.27. The maximum absolute atomic E-state index is 13.7. The molecule has 0 saturated heterocycles. The molecule has 7 nitrogen and oxygen atoms in total. The van der Waals surface area contributed by atoms with Crippen molar-refractivity contribution in [1.82, 2.24) is 10.7 Å². The molecule has 29 heavy (non-hydrogen) atoms. The van der Waals surface area contributed by atoms with E-state index in [2.05, 4.69) is 15.8 Å². The molecule has 2 rings (SSSR count). The van der Waals surface area contributed by atoms with Crippen LogP contribution >= 0.6 is 0 Å². The molecule has 2 aromatic rings. The molecule has 0 aromatic heterocycles. The van der Waals surface area contributed by atoms with Crippen molar-refractivity contribution in [3.8, 4) is 11.5 Å². The highest BCUT2D eigenvalue weighted by Crippen LogP contribution is 2.28. The van der Waals surface area contributed by atoms with E-state index in [1.165, 1.54) is 19.4 Å². The van der Waals surface area contributed by atoms with Crippen LogP contribution in [0.15, 0.2) is 47.6 Å². The number of hydrogen-bond donors (Lipinski definition) is 2. The molecule has 0 heterocycles. The van der Waals surface area contributed by atoms with Gasteiger partial charge in [0.2, 0.25) is 0 Å². The first kappa shape index (κ1) is 21.9. The Morgan fingerprint density at radius 1 is 1.17 bits per heavy atom. The van der Waals surface area contributed by atoms with Crippen molar-refractivity contribution < 1.29 is 23.5 Å². The van der Waals surface area contributed by atoms with Gasteiger partial charge in [0.15, 0.2) is 11.5 Å². The second kappa shape index (κ2) is 10.8. The number of carbonyl (C=O) groups is 2. The molecule has 2 amide bonds. The van der Waals surface area contributed by atoms with Gasteiger partial charge in [-0.25, -0.2) is 9.82 Å². The van der Waals surface area contributed by atoms with E-state index in [4.69, 9.17) is 9.47 Å². The van der Waals surface area contributed by atoms with E-state index < -0.39 is 11.8 Å². The first-order chi connectivity index (χ1) is 13.9. The Labute approximate surface area is 168 Å². The van der Waals surface area contributed by atoms with Crippen LogP contribution < -0.4 is 20.2 Å². The Morgan fingerprint density at radius 2 is 1.93 bits per heavy atom. The number of nitrogens with one attached hydrogen (secondary N) is 2. The molecule has 1 atom stereocenters. The topological polar surface area (TPSA) is 89.0 Å². The highest BCUT2D eigenvalue weighted by atomic mass is 19.1. The standard InChI is InChI=1S/C21H24FN3O4/c1-4-14(2)24-20(26)21(27)25-23-12-15-9-10-18(19(11-15)28-3)29-13-16-7-5-6-8-17(16)22/h5-12,14H,4,13H2,1-3H3,(H,24,26)(H,25,27)/b23-12-/t14-/m1/s1. The lowest BCUT2D eigenvalue weighted by molar-refractivity contribution is -0.139. The van der Waals surface area contributed by atoms with E-state index in [-0.39, 0.29) is 18.5 Å². The minimum Gasteiger partial charge on any atom is -0.493 e. The van der Waals surface area contributed by atoms with Crippen molar-refractivity contribution in [3.63, 3.8) is 0 Å². The minimum absolute atomic E-state index is 0.0534. The molecular formula is C21H24FN3O4. The average molecular weight is 401 g/mol. The number of benzene rings is 2. The number of nitrogens with zero attached hydrogens (tertiary/aromatic N) is 1. The van der Waals surface area contributed by atoms with Gasteiger partial charge in [0.05, 0.1) is 13.3 Å². The smallest absolute Gasteiger partial charge is 0.329 e.